The van der Waals surface area contributed by atoms with Gasteiger partial charge in [0, 0.05) is 0 Å². The second kappa shape index (κ2) is 5.10. The lowest BCUT2D eigenvalue weighted by Crippen LogP contribution is -2.14. The van der Waals surface area contributed by atoms with E-state index in [0.717, 1.165) is 0 Å². The lowest BCUT2D eigenvalue weighted by atomic mass is 10.3. The van der Waals surface area contributed by atoms with Crippen molar-refractivity contribution in [3.63, 3.8) is 0 Å². The molecule has 0 aliphatic carbocycles. The van der Waals surface area contributed by atoms with Gasteiger partial charge in [-0.3, -0.25) is 0 Å². The van der Waals surface area contributed by atoms with Crippen LogP contribution in [0.5, 0.6) is 0 Å². The maximum absolute atomic E-state index is 10.8. The molecule has 2 N–H and O–H groups in total. The number of ether oxygens (including phenoxy) is 1. The van der Waals surface area contributed by atoms with Crippen LogP contribution in [0.4, 0.5) is 0 Å². The van der Waals surface area contributed by atoms with Crippen molar-refractivity contribution in [3.05, 3.63) is 24.3 Å². The molecule has 0 spiro atoms. The third kappa shape index (κ3) is 4.07. The summed E-state index contributed by atoms with van der Waals surface area (Å²) >= 11 is 0. The van der Waals surface area contributed by atoms with Crippen molar-refractivity contribution in [2.75, 3.05) is 13.2 Å². The van der Waals surface area contributed by atoms with Crippen LogP contribution in [0.15, 0.2) is 24.3 Å². The van der Waals surface area contributed by atoms with Crippen LogP contribution >= 0.6 is 0 Å². The number of hydrogen-bond acceptors (Lipinski definition) is 4. The van der Waals surface area contributed by atoms with E-state index in [1.54, 1.807) is 0 Å². The van der Waals surface area contributed by atoms with Gasteiger partial charge in [-0.2, -0.15) is 0 Å². The van der Waals surface area contributed by atoms with Gasteiger partial charge in [-0.1, -0.05) is 13.2 Å². The summed E-state index contributed by atoms with van der Waals surface area (Å²) in [6.07, 6.45) is 0. The minimum atomic E-state index is -1.23. The molecule has 0 bridgehead atoms. The van der Waals surface area contributed by atoms with Crippen molar-refractivity contribution in [1.82, 2.24) is 0 Å². The first-order valence-corrected chi connectivity index (χ1v) is 3.36. The normalized spacial score (nSPS) is 9.00. The Labute approximate surface area is 74.9 Å². The third-order valence-corrected chi connectivity index (χ3v) is 1.16. The van der Waals surface area contributed by atoms with Crippen molar-refractivity contribution < 1.29 is 24.5 Å². The molecule has 13 heavy (non-hydrogen) atoms. The van der Waals surface area contributed by atoms with Crippen LogP contribution in [0, 0.1) is 0 Å². The molecule has 0 radical (unpaired) electrons. The molecule has 0 rings (SSSR count). The molecule has 0 aliphatic heterocycles. The van der Waals surface area contributed by atoms with Gasteiger partial charge in [0.25, 0.3) is 0 Å². The Morgan fingerprint density at radius 3 is 2.15 bits per heavy atom. The Morgan fingerprint density at radius 1 is 1.23 bits per heavy atom. The van der Waals surface area contributed by atoms with Crippen LogP contribution in [0.1, 0.15) is 0 Å². The zero-order valence-corrected chi connectivity index (χ0v) is 6.95. The molecule has 0 fully saturated rings. The fraction of sp³-hybridized carbons (Fsp3) is 0.250. The van der Waals surface area contributed by atoms with Gasteiger partial charge < -0.3 is 14.9 Å². The molecule has 0 aromatic rings. The molecule has 0 saturated carbocycles. The van der Waals surface area contributed by atoms with Gasteiger partial charge in [0.05, 0.1) is 17.8 Å². The first kappa shape index (κ1) is 11.4. The second-order valence-corrected chi connectivity index (χ2v) is 2.25. The molecule has 0 aromatic carbocycles. The van der Waals surface area contributed by atoms with Crippen LogP contribution in [-0.4, -0.2) is 35.4 Å². The number of hydrogen-bond donors (Lipinski definition) is 2. The Bertz CT molecular complexity index is 253. The zero-order valence-electron chi connectivity index (χ0n) is 6.95. The fourth-order valence-electron chi connectivity index (χ4n) is 0.381. The number of aliphatic hydroxyl groups is 1. The van der Waals surface area contributed by atoms with Gasteiger partial charge in [-0.25, -0.2) is 9.59 Å². The van der Waals surface area contributed by atoms with E-state index in [4.69, 9.17) is 10.2 Å². The average molecular weight is 186 g/mol. The molecule has 0 aromatic heterocycles. The number of carboxylic acids is 1. The summed E-state index contributed by atoms with van der Waals surface area (Å²) in [4.78, 5) is 21.0. The maximum Gasteiger partial charge on any atom is 0.336 e. The second-order valence-electron chi connectivity index (χ2n) is 2.25. The summed E-state index contributed by atoms with van der Waals surface area (Å²) in [5.74, 6) is -2.06. The molecule has 5 nitrogen and oxygen atoms in total. The van der Waals surface area contributed by atoms with Gasteiger partial charge in [-0.15, -0.1) is 0 Å². The van der Waals surface area contributed by atoms with Gasteiger partial charge in [0.15, 0.2) is 0 Å². The molecule has 0 saturated heterocycles. The monoisotopic (exact) mass is 186 g/mol. The first-order valence-electron chi connectivity index (χ1n) is 3.36. The standard InChI is InChI=1S/C8H10O5/c1-5(3-9)8(12)13-4-6(2)7(10)11/h9H,1-4H2,(H,10,11). The van der Waals surface area contributed by atoms with Gasteiger partial charge in [0.2, 0.25) is 0 Å². The van der Waals surface area contributed by atoms with E-state index < -0.39 is 25.2 Å². The van der Waals surface area contributed by atoms with Crippen molar-refractivity contribution >= 4 is 11.9 Å². The Kier molecular flexibility index (Phi) is 4.47. The molecule has 0 heterocycles. The summed E-state index contributed by atoms with van der Waals surface area (Å²) in [6, 6.07) is 0. The van der Waals surface area contributed by atoms with E-state index in [2.05, 4.69) is 17.9 Å². The van der Waals surface area contributed by atoms with Crippen LogP contribution in [-0.2, 0) is 14.3 Å². The molecule has 0 atom stereocenters. The number of carbonyl (C=O) groups is 2. The van der Waals surface area contributed by atoms with Crippen LogP contribution in [0.3, 0.4) is 0 Å². The van der Waals surface area contributed by atoms with E-state index in [1.165, 1.54) is 0 Å². The number of carbonyl (C=O) groups excluding carboxylic acids is 1. The van der Waals surface area contributed by atoms with Crippen molar-refractivity contribution in [3.8, 4) is 0 Å². The predicted molar refractivity (Wildman–Crippen MR) is 44.0 cm³/mol. The van der Waals surface area contributed by atoms with Crippen molar-refractivity contribution in [2.24, 2.45) is 0 Å². The Hall–Kier alpha value is -1.62. The van der Waals surface area contributed by atoms with E-state index in [0.29, 0.717) is 0 Å². The first-order chi connectivity index (χ1) is 5.99. The highest BCUT2D eigenvalue weighted by atomic mass is 16.5. The molecule has 5 heteroatoms. The highest BCUT2D eigenvalue weighted by Gasteiger charge is 2.10. The highest BCUT2D eigenvalue weighted by Crippen LogP contribution is 1.97. The molecule has 72 valence electrons. The molecule has 0 aliphatic rings. The lowest BCUT2D eigenvalue weighted by Gasteiger charge is -2.04. The largest absolute Gasteiger partial charge is 0.478 e. The Morgan fingerprint density at radius 2 is 1.77 bits per heavy atom. The van der Waals surface area contributed by atoms with E-state index in [-0.39, 0.29) is 11.1 Å². The minimum absolute atomic E-state index is 0.127. The smallest absolute Gasteiger partial charge is 0.336 e. The predicted octanol–water partition coefficient (Wildman–Crippen LogP) is -0.281. The third-order valence-electron chi connectivity index (χ3n) is 1.16. The maximum atomic E-state index is 10.8. The molecular weight excluding hydrogens is 176 g/mol. The average Bonchev–Trinajstić information content (AvgIpc) is 2.11. The number of esters is 1. The molecule has 0 amide bonds. The number of aliphatic carboxylic acids is 1. The molecule has 0 unspecified atom stereocenters. The van der Waals surface area contributed by atoms with Gasteiger partial charge in [0.1, 0.15) is 6.61 Å². The quantitative estimate of drug-likeness (QED) is 0.455. The Balaban J connectivity index is 3.90. The number of carboxylic acid groups (broad SMARTS) is 1. The summed E-state index contributed by atoms with van der Waals surface area (Å²) in [7, 11) is 0. The van der Waals surface area contributed by atoms with E-state index in [1.807, 2.05) is 0 Å². The van der Waals surface area contributed by atoms with Crippen LogP contribution in [0.2, 0.25) is 0 Å². The topological polar surface area (TPSA) is 83.8 Å². The van der Waals surface area contributed by atoms with Crippen LogP contribution in [0.25, 0.3) is 0 Å². The minimum Gasteiger partial charge on any atom is -0.478 e. The van der Waals surface area contributed by atoms with Gasteiger partial charge in [-0.05, 0) is 0 Å². The van der Waals surface area contributed by atoms with Crippen LogP contribution < -0.4 is 0 Å². The highest BCUT2D eigenvalue weighted by molar-refractivity contribution is 5.90. The van der Waals surface area contributed by atoms with Gasteiger partial charge >= 0.3 is 11.9 Å². The van der Waals surface area contributed by atoms with Crippen molar-refractivity contribution in [1.29, 1.82) is 0 Å². The summed E-state index contributed by atoms with van der Waals surface area (Å²) in [5.41, 5.74) is -0.364. The summed E-state index contributed by atoms with van der Waals surface area (Å²) in [5, 5.41) is 16.8. The fourth-order valence-corrected chi connectivity index (χ4v) is 0.381. The summed E-state index contributed by atoms with van der Waals surface area (Å²) in [6.45, 7) is 5.41. The number of aliphatic hydroxyl groups excluding tert-OH is 1. The summed E-state index contributed by atoms with van der Waals surface area (Å²) < 4.78 is 4.44. The number of rotatable bonds is 5. The SMILES string of the molecule is C=C(COC(=O)C(=C)CO)C(=O)O. The molecular formula is C8H10O5. The lowest BCUT2D eigenvalue weighted by molar-refractivity contribution is -0.139. The van der Waals surface area contributed by atoms with Crippen molar-refractivity contribution in [2.45, 2.75) is 0 Å². The van der Waals surface area contributed by atoms with E-state index >= 15 is 0 Å². The zero-order chi connectivity index (χ0) is 10.4. The van der Waals surface area contributed by atoms with E-state index in [9.17, 15) is 9.59 Å².